The lowest BCUT2D eigenvalue weighted by molar-refractivity contribution is 0.298. The normalized spacial score (nSPS) is 10.2. The van der Waals surface area contributed by atoms with E-state index in [9.17, 15) is 4.39 Å². The molecule has 98 valence electrons. The Morgan fingerprint density at radius 3 is 2.89 bits per heavy atom. The Balaban J connectivity index is 2.16. The van der Waals surface area contributed by atoms with Crippen LogP contribution in [0.3, 0.4) is 0 Å². The van der Waals surface area contributed by atoms with E-state index in [2.05, 4.69) is 4.98 Å². The highest BCUT2D eigenvalue weighted by atomic mass is 35.5. The standard InChI is InChI=1S/C13H10ClFN2OS/c14-9-4-10(6-17-5-9)18-7-8-2-1-3-11(12(8)15)13(16)19/h1-6H,7H2,(H2,16,19). The van der Waals surface area contributed by atoms with Crippen molar-refractivity contribution < 1.29 is 9.13 Å². The van der Waals surface area contributed by atoms with Crippen LogP contribution in [0.1, 0.15) is 11.1 Å². The fourth-order valence-corrected chi connectivity index (χ4v) is 1.84. The van der Waals surface area contributed by atoms with Gasteiger partial charge in [0.15, 0.2) is 0 Å². The Hall–Kier alpha value is -1.72. The number of hydrogen-bond acceptors (Lipinski definition) is 3. The maximum atomic E-state index is 14.0. The minimum absolute atomic E-state index is 0.0174. The summed E-state index contributed by atoms with van der Waals surface area (Å²) in [6.45, 7) is 0.0459. The van der Waals surface area contributed by atoms with Crippen LogP contribution < -0.4 is 10.5 Å². The summed E-state index contributed by atoms with van der Waals surface area (Å²) < 4.78 is 19.4. The van der Waals surface area contributed by atoms with Crippen LogP contribution in [0.25, 0.3) is 0 Å². The van der Waals surface area contributed by atoms with Crippen molar-refractivity contribution in [2.45, 2.75) is 6.61 Å². The first kappa shape index (κ1) is 13.7. The summed E-state index contributed by atoms with van der Waals surface area (Å²) >= 11 is 10.5. The van der Waals surface area contributed by atoms with E-state index in [4.69, 9.17) is 34.3 Å². The van der Waals surface area contributed by atoms with E-state index in [1.165, 1.54) is 18.5 Å². The van der Waals surface area contributed by atoms with Gasteiger partial charge in [0.05, 0.1) is 11.2 Å². The molecule has 0 spiro atoms. The van der Waals surface area contributed by atoms with Gasteiger partial charge in [-0.25, -0.2) is 4.39 Å². The van der Waals surface area contributed by atoms with Crippen LogP contribution in [0.4, 0.5) is 4.39 Å². The molecule has 0 aliphatic rings. The largest absolute Gasteiger partial charge is 0.487 e. The van der Waals surface area contributed by atoms with Gasteiger partial charge in [-0.1, -0.05) is 36.0 Å². The molecule has 0 unspecified atom stereocenters. The van der Waals surface area contributed by atoms with Crippen molar-refractivity contribution in [3.05, 3.63) is 58.6 Å². The molecule has 2 aromatic rings. The lowest BCUT2D eigenvalue weighted by Gasteiger charge is -2.09. The minimum atomic E-state index is -0.468. The molecule has 1 aromatic carbocycles. The quantitative estimate of drug-likeness (QED) is 0.881. The SMILES string of the molecule is NC(=S)c1cccc(COc2cncc(Cl)c2)c1F. The Morgan fingerprint density at radius 1 is 1.42 bits per heavy atom. The molecule has 0 aliphatic heterocycles. The van der Waals surface area contributed by atoms with E-state index < -0.39 is 5.82 Å². The topological polar surface area (TPSA) is 48.1 Å². The van der Waals surface area contributed by atoms with Crippen molar-refractivity contribution in [1.82, 2.24) is 4.98 Å². The summed E-state index contributed by atoms with van der Waals surface area (Å²) in [5.41, 5.74) is 6.01. The molecule has 3 nitrogen and oxygen atoms in total. The highest BCUT2D eigenvalue weighted by Crippen LogP contribution is 2.19. The van der Waals surface area contributed by atoms with Gasteiger partial charge in [-0.05, 0) is 6.07 Å². The molecule has 19 heavy (non-hydrogen) atoms. The molecule has 2 N–H and O–H groups in total. The van der Waals surface area contributed by atoms with Gasteiger partial charge in [-0.3, -0.25) is 4.98 Å². The van der Waals surface area contributed by atoms with Crippen LogP contribution in [0.2, 0.25) is 5.02 Å². The Kier molecular flexibility index (Phi) is 4.29. The average Bonchev–Trinajstić information content (AvgIpc) is 2.37. The molecule has 0 saturated heterocycles. The Labute approximate surface area is 120 Å². The van der Waals surface area contributed by atoms with Gasteiger partial charge in [0.25, 0.3) is 0 Å². The first-order chi connectivity index (χ1) is 9.08. The predicted octanol–water partition coefficient (Wildman–Crippen LogP) is 3.09. The van der Waals surface area contributed by atoms with Crippen LogP contribution in [-0.4, -0.2) is 9.97 Å². The van der Waals surface area contributed by atoms with Gasteiger partial charge in [0.2, 0.25) is 0 Å². The van der Waals surface area contributed by atoms with E-state index in [1.54, 1.807) is 18.2 Å². The van der Waals surface area contributed by atoms with E-state index in [-0.39, 0.29) is 17.2 Å². The predicted molar refractivity (Wildman–Crippen MR) is 75.9 cm³/mol. The zero-order valence-electron chi connectivity index (χ0n) is 9.77. The molecule has 6 heteroatoms. The summed E-state index contributed by atoms with van der Waals surface area (Å²) in [6, 6.07) is 6.41. The summed E-state index contributed by atoms with van der Waals surface area (Å²) in [5, 5.41) is 0.454. The number of rotatable bonds is 4. The van der Waals surface area contributed by atoms with Gasteiger partial charge < -0.3 is 10.5 Å². The van der Waals surface area contributed by atoms with Crippen LogP contribution in [-0.2, 0) is 6.61 Å². The molecule has 0 aliphatic carbocycles. The van der Waals surface area contributed by atoms with E-state index in [1.807, 2.05) is 0 Å². The van der Waals surface area contributed by atoms with Gasteiger partial charge in [-0.15, -0.1) is 0 Å². The second-order valence-electron chi connectivity index (χ2n) is 3.77. The van der Waals surface area contributed by atoms with Gasteiger partial charge >= 0.3 is 0 Å². The van der Waals surface area contributed by atoms with E-state index in [0.29, 0.717) is 16.3 Å². The van der Waals surface area contributed by atoms with Gasteiger partial charge in [0, 0.05) is 23.4 Å². The molecule has 0 atom stereocenters. The third kappa shape index (κ3) is 3.39. The maximum Gasteiger partial charge on any atom is 0.139 e. The summed E-state index contributed by atoms with van der Waals surface area (Å²) in [5.74, 6) is -0.00221. The van der Waals surface area contributed by atoms with Crippen LogP contribution in [0.15, 0.2) is 36.7 Å². The second kappa shape index (κ2) is 5.95. The van der Waals surface area contributed by atoms with Gasteiger partial charge in [0.1, 0.15) is 23.2 Å². The van der Waals surface area contributed by atoms with E-state index in [0.717, 1.165) is 0 Å². The number of nitrogens with two attached hydrogens (primary N) is 1. The number of nitrogens with zero attached hydrogens (tertiary/aromatic N) is 1. The lowest BCUT2D eigenvalue weighted by atomic mass is 10.1. The molecule has 0 amide bonds. The highest BCUT2D eigenvalue weighted by molar-refractivity contribution is 7.80. The first-order valence-electron chi connectivity index (χ1n) is 5.38. The number of halogens is 2. The Morgan fingerprint density at radius 2 is 2.21 bits per heavy atom. The van der Waals surface area contributed by atoms with Gasteiger partial charge in [-0.2, -0.15) is 0 Å². The van der Waals surface area contributed by atoms with Crippen LogP contribution in [0.5, 0.6) is 5.75 Å². The molecular formula is C13H10ClFN2OS. The molecule has 0 radical (unpaired) electrons. The van der Waals surface area contributed by atoms with Crippen LogP contribution >= 0.6 is 23.8 Å². The number of ether oxygens (including phenoxy) is 1. The molecule has 0 bridgehead atoms. The number of thiocarbonyl (C=S) groups is 1. The monoisotopic (exact) mass is 296 g/mol. The van der Waals surface area contributed by atoms with Crippen molar-refractivity contribution in [3.8, 4) is 5.75 Å². The fourth-order valence-electron chi connectivity index (χ4n) is 1.51. The average molecular weight is 297 g/mol. The lowest BCUT2D eigenvalue weighted by Crippen LogP contribution is -2.13. The smallest absolute Gasteiger partial charge is 0.139 e. The second-order valence-corrected chi connectivity index (χ2v) is 4.65. The Bertz CT molecular complexity index is 621. The van der Waals surface area contributed by atoms with Crippen molar-refractivity contribution in [3.63, 3.8) is 0 Å². The van der Waals surface area contributed by atoms with Crippen molar-refractivity contribution >= 4 is 28.8 Å². The van der Waals surface area contributed by atoms with Crippen molar-refractivity contribution in [2.24, 2.45) is 5.73 Å². The number of hydrogen-bond donors (Lipinski definition) is 1. The maximum absolute atomic E-state index is 14.0. The minimum Gasteiger partial charge on any atom is -0.487 e. The summed E-state index contributed by atoms with van der Waals surface area (Å²) in [7, 11) is 0. The van der Waals surface area contributed by atoms with Crippen molar-refractivity contribution in [2.75, 3.05) is 0 Å². The molecular weight excluding hydrogens is 287 g/mol. The number of benzene rings is 1. The molecule has 0 saturated carbocycles. The third-order valence-corrected chi connectivity index (χ3v) is 2.84. The van der Waals surface area contributed by atoms with Crippen molar-refractivity contribution in [1.29, 1.82) is 0 Å². The number of aromatic nitrogens is 1. The fraction of sp³-hybridized carbons (Fsp3) is 0.0769. The molecule has 1 heterocycles. The van der Waals surface area contributed by atoms with E-state index >= 15 is 0 Å². The molecule has 1 aromatic heterocycles. The van der Waals surface area contributed by atoms with Crippen LogP contribution in [0, 0.1) is 5.82 Å². The molecule has 2 rings (SSSR count). The first-order valence-corrected chi connectivity index (χ1v) is 6.17. The summed E-state index contributed by atoms with van der Waals surface area (Å²) in [6.07, 6.45) is 2.99. The number of pyridine rings is 1. The third-order valence-electron chi connectivity index (χ3n) is 2.42. The summed E-state index contributed by atoms with van der Waals surface area (Å²) in [4.78, 5) is 3.89. The molecule has 0 fully saturated rings. The zero-order chi connectivity index (χ0) is 13.8. The highest BCUT2D eigenvalue weighted by Gasteiger charge is 2.10. The zero-order valence-corrected chi connectivity index (χ0v) is 11.3.